The van der Waals surface area contributed by atoms with E-state index in [4.69, 9.17) is 23.2 Å². The number of aliphatic hydroxyl groups is 1. The predicted molar refractivity (Wildman–Crippen MR) is 111 cm³/mol. The van der Waals surface area contributed by atoms with Crippen LogP contribution in [0.3, 0.4) is 0 Å². The van der Waals surface area contributed by atoms with E-state index in [0.717, 1.165) is 25.2 Å². The molecule has 150 valence electrons. The van der Waals surface area contributed by atoms with Crippen LogP contribution in [-0.4, -0.2) is 41.0 Å². The van der Waals surface area contributed by atoms with Crippen LogP contribution >= 0.6 is 23.2 Å². The number of ketones is 1. The summed E-state index contributed by atoms with van der Waals surface area (Å²) in [6, 6.07) is 11.5. The fourth-order valence-corrected chi connectivity index (χ4v) is 4.06. The minimum atomic E-state index is -0.693. The average Bonchev–Trinajstić information content (AvgIpc) is 2.65. The van der Waals surface area contributed by atoms with Crippen molar-refractivity contribution in [3.05, 3.63) is 69.5 Å². The zero-order chi connectivity index (χ0) is 20.1. The molecule has 0 amide bonds. The molecule has 0 radical (unpaired) electrons. The number of nitrogens with zero attached hydrogens (tertiary/aromatic N) is 1. The van der Waals surface area contributed by atoms with Gasteiger partial charge in [-0.05, 0) is 61.7 Å². The Hall–Kier alpha value is -1.46. The number of halogens is 3. The van der Waals surface area contributed by atoms with Gasteiger partial charge in [0.1, 0.15) is 5.82 Å². The fourth-order valence-electron chi connectivity index (χ4n) is 3.67. The number of hydrogen-bond acceptors (Lipinski definition) is 3. The molecule has 0 aliphatic carbocycles. The summed E-state index contributed by atoms with van der Waals surface area (Å²) in [4.78, 5) is 14.5. The molecule has 0 unspecified atom stereocenters. The Morgan fingerprint density at radius 3 is 2.43 bits per heavy atom. The van der Waals surface area contributed by atoms with E-state index in [1.54, 1.807) is 0 Å². The summed E-state index contributed by atoms with van der Waals surface area (Å²) in [6.07, 6.45) is 3.11. The van der Waals surface area contributed by atoms with Gasteiger partial charge in [0, 0.05) is 36.5 Å². The van der Waals surface area contributed by atoms with E-state index in [1.807, 2.05) is 24.3 Å². The van der Waals surface area contributed by atoms with Crippen LogP contribution in [0.2, 0.25) is 10.0 Å². The van der Waals surface area contributed by atoms with E-state index in [2.05, 4.69) is 4.90 Å². The normalized spacial score (nSPS) is 16.9. The Morgan fingerprint density at radius 1 is 1.11 bits per heavy atom. The summed E-state index contributed by atoms with van der Waals surface area (Å²) < 4.78 is 13.1. The van der Waals surface area contributed by atoms with E-state index in [1.165, 1.54) is 18.2 Å². The molecule has 2 aromatic carbocycles. The third-order valence-electron chi connectivity index (χ3n) is 5.34. The van der Waals surface area contributed by atoms with Gasteiger partial charge in [-0.25, -0.2) is 4.39 Å². The van der Waals surface area contributed by atoms with Gasteiger partial charge in [-0.15, -0.1) is 0 Å². The van der Waals surface area contributed by atoms with Crippen LogP contribution in [0.1, 0.15) is 41.6 Å². The lowest BCUT2D eigenvalue weighted by Crippen LogP contribution is -2.45. The maximum atomic E-state index is 13.1. The van der Waals surface area contributed by atoms with E-state index in [9.17, 15) is 14.3 Å². The number of Topliss-reactive ketones (excluding diaryl/α,β-unsaturated/α-hetero) is 1. The van der Waals surface area contributed by atoms with Crippen LogP contribution in [0.5, 0.6) is 0 Å². The molecule has 1 aliphatic rings. The van der Waals surface area contributed by atoms with Crippen molar-refractivity contribution in [2.24, 2.45) is 0 Å². The van der Waals surface area contributed by atoms with Crippen molar-refractivity contribution in [2.45, 2.75) is 37.7 Å². The summed E-state index contributed by atoms with van der Waals surface area (Å²) in [6.45, 7) is 2.40. The second kappa shape index (κ2) is 9.36. The van der Waals surface area contributed by atoms with E-state index < -0.39 is 11.4 Å². The van der Waals surface area contributed by atoms with Gasteiger partial charge in [0.05, 0.1) is 10.6 Å². The van der Waals surface area contributed by atoms with Crippen molar-refractivity contribution < 1.29 is 14.3 Å². The standard InChI is InChI=1S/C22H24Cl2FNO2/c23-17-5-3-16(4-6-17)15-22(28)9-12-26(13-10-22)11-1-2-21(27)19-8-7-18(25)14-20(19)24/h3-8,14,28H,1-2,9-13,15H2. The van der Waals surface area contributed by atoms with Gasteiger partial charge in [0.15, 0.2) is 5.78 Å². The predicted octanol–water partition coefficient (Wildman–Crippen LogP) is 5.17. The Bertz CT molecular complexity index is 818. The third-order valence-corrected chi connectivity index (χ3v) is 5.91. The number of piperidine rings is 1. The fraction of sp³-hybridized carbons (Fsp3) is 0.409. The summed E-state index contributed by atoms with van der Waals surface area (Å²) in [5.74, 6) is -0.512. The second-order valence-corrected chi connectivity index (χ2v) is 8.36. The van der Waals surface area contributed by atoms with Gasteiger partial charge in [-0.2, -0.15) is 0 Å². The highest BCUT2D eigenvalue weighted by molar-refractivity contribution is 6.34. The molecule has 0 aromatic heterocycles. The number of hydrogen-bond donors (Lipinski definition) is 1. The van der Waals surface area contributed by atoms with Gasteiger partial charge >= 0.3 is 0 Å². The second-order valence-electron chi connectivity index (χ2n) is 7.52. The smallest absolute Gasteiger partial charge is 0.164 e. The molecule has 6 heteroatoms. The SMILES string of the molecule is O=C(CCCN1CCC(O)(Cc2ccc(Cl)cc2)CC1)c1ccc(F)cc1Cl. The number of rotatable bonds is 7. The van der Waals surface area contributed by atoms with Crippen molar-refractivity contribution in [3.63, 3.8) is 0 Å². The van der Waals surface area contributed by atoms with Gasteiger partial charge < -0.3 is 10.0 Å². The minimum absolute atomic E-state index is 0.0683. The van der Waals surface area contributed by atoms with Crippen LogP contribution in [0.4, 0.5) is 4.39 Å². The van der Waals surface area contributed by atoms with Crippen LogP contribution < -0.4 is 0 Å². The molecule has 28 heavy (non-hydrogen) atoms. The lowest BCUT2D eigenvalue weighted by atomic mass is 9.85. The Morgan fingerprint density at radius 2 is 1.79 bits per heavy atom. The first-order valence-electron chi connectivity index (χ1n) is 9.52. The molecule has 2 aromatic rings. The van der Waals surface area contributed by atoms with Crippen molar-refractivity contribution in [1.29, 1.82) is 0 Å². The minimum Gasteiger partial charge on any atom is -0.389 e. The van der Waals surface area contributed by atoms with E-state index in [-0.39, 0.29) is 10.8 Å². The zero-order valence-corrected chi connectivity index (χ0v) is 17.1. The lowest BCUT2D eigenvalue weighted by Gasteiger charge is -2.38. The molecule has 3 nitrogen and oxygen atoms in total. The maximum Gasteiger partial charge on any atom is 0.164 e. The average molecular weight is 424 g/mol. The van der Waals surface area contributed by atoms with Crippen LogP contribution in [0.15, 0.2) is 42.5 Å². The van der Waals surface area contributed by atoms with E-state index >= 15 is 0 Å². The van der Waals surface area contributed by atoms with Crippen molar-refractivity contribution in [3.8, 4) is 0 Å². The first-order chi connectivity index (χ1) is 13.3. The molecule has 1 fully saturated rings. The molecule has 1 saturated heterocycles. The highest BCUT2D eigenvalue weighted by Gasteiger charge is 2.32. The molecule has 1 N–H and O–H groups in total. The molecule has 0 spiro atoms. The summed E-state index contributed by atoms with van der Waals surface area (Å²) >= 11 is 11.9. The Labute approximate surface area is 175 Å². The summed E-state index contributed by atoms with van der Waals surface area (Å²) in [5.41, 5.74) is 0.767. The number of likely N-dealkylation sites (tertiary alicyclic amines) is 1. The summed E-state index contributed by atoms with van der Waals surface area (Å²) in [7, 11) is 0. The quantitative estimate of drug-likeness (QED) is 0.624. The van der Waals surface area contributed by atoms with Crippen molar-refractivity contribution in [1.82, 2.24) is 4.90 Å². The van der Waals surface area contributed by atoms with E-state index in [0.29, 0.717) is 42.7 Å². The zero-order valence-electron chi connectivity index (χ0n) is 15.6. The molecule has 1 heterocycles. The summed E-state index contributed by atoms with van der Waals surface area (Å²) in [5, 5.41) is 11.7. The van der Waals surface area contributed by atoms with Crippen molar-refractivity contribution in [2.75, 3.05) is 19.6 Å². The molecule has 3 rings (SSSR count). The molecule has 0 saturated carbocycles. The van der Waals surface area contributed by atoms with Gasteiger partial charge in [-0.1, -0.05) is 35.3 Å². The van der Waals surface area contributed by atoms with Gasteiger partial charge in [0.25, 0.3) is 0 Å². The number of carbonyl (C=O) groups excluding carboxylic acids is 1. The highest BCUT2D eigenvalue weighted by Crippen LogP contribution is 2.27. The molecular weight excluding hydrogens is 400 g/mol. The molecule has 1 aliphatic heterocycles. The van der Waals surface area contributed by atoms with Gasteiger partial charge in [-0.3, -0.25) is 4.79 Å². The third kappa shape index (κ3) is 5.77. The number of benzene rings is 2. The van der Waals surface area contributed by atoms with Crippen molar-refractivity contribution >= 4 is 29.0 Å². The Balaban J connectivity index is 1.43. The molecule has 0 bridgehead atoms. The first kappa shape index (κ1) is 21.3. The lowest BCUT2D eigenvalue weighted by molar-refractivity contribution is -0.0207. The number of carbonyl (C=O) groups is 1. The Kier molecular flexibility index (Phi) is 7.10. The monoisotopic (exact) mass is 423 g/mol. The van der Waals surface area contributed by atoms with Crippen LogP contribution in [-0.2, 0) is 6.42 Å². The maximum absolute atomic E-state index is 13.1. The topological polar surface area (TPSA) is 40.5 Å². The molecule has 0 atom stereocenters. The van der Waals surface area contributed by atoms with Crippen LogP contribution in [0.25, 0.3) is 0 Å². The highest BCUT2D eigenvalue weighted by atomic mass is 35.5. The van der Waals surface area contributed by atoms with Gasteiger partial charge in [0.2, 0.25) is 0 Å². The largest absolute Gasteiger partial charge is 0.389 e. The van der Waals surface area contributed by atoms with Crippen LogP contribution in [0, 0.1) is 5.82 Å². The first-order valence-corrected chi connectivity index (χ1v) is 10.3. The molecular formula is C22H24Cl2FNO2.